The molecule has 2 aromatic rings. The third-order valence-electron chi connectivity index (χ3n) is 3.27. The molecule has 0 atom stereocenters. The Balaban J connectivity index is 1.96. The molecule has 1 aromatic heterocycles. The molecule has 0 aliphatic heterocycles. The molecule has 1 N–H and O–H groups in total. The highest BCUT2D eigenvalue weighted by atomic mass is 15.4. The quantitative estimate of drug-likeness (QED) is 0.879. The van der Waals surface area contributed by atoms with Gasteiger partial charge in [0.05, 0.1) is 18.4 Å². The third kappa shape index (κ3) is 4.17. The van der Waals surface area contributed by atoms with Crippen molar-refractivity contribution in [3.63, 3.8) is 0 Å². The van der Waals surface area contributed by atoms with Gasteiger partial charge in [-0.05, 0) is 17.0 Å². The predicted molar refractivity (Wildman–Crippen MR) is 81.6 cm³/mol. The zero-order valence-corrected chi connectivity index (χ0v) is 12.8. The van der Waals surface area contributed by atoms with E-state index in [1.165, 1.54) is 11.1 Å². The first kappa shape index (κ1) is 14.7. The number of hydrogen-bond donors (Lipinski definition) is 1. The highest BCUT2D eigenvalue weighted by molar-refractivity contribution is 5.24. The van der Waals surface area contributed by atoms with E-state index in [9.17, 15) is 0 Å². The summed E-state index contributed by atoms with van der Waals surface area (Å²) in [5, 5.41) is 11.7. The Morgan fingerprint density at radius 1 is 1.10 bits per heavy atom. The zero-order chi connectivity index (χ0) is 14.5. The van der Waals surface area contributed by atoms with Crippen molar-refractivity contribution >= 4 is 0 Å². The first-order valence-corrected chi connectivity index (χ1v) is 7.26. The molecule has 108 valence electrons. The van der Waals surface area contributed by atoms with Crippen LogP contribution in [0, 0.1) is 0 Å². The van der Waals surface area contributed by atoms with Gasteiger partial charge < -0.3 is 5.32 Å². The number of benzene rings is 1. The maximum Gasteiger partial charge on any atom is 0.0965 e. The monoisotopic (exact) mass is 272 g/mol. The van der Waals surface area contributed by atoms with Gasteiger partial charge in [0.2, 0.25) is 0 Å². The lowest BCUT2D eigenvalue weighted by atomic mass is 10.0. The van der Waals surface area contributed by atoms with Gasteiger partial charge in [0.25, 0.3) is 0 Å². The van der Waals surface area contributed by atoms with Crippen LogP contribution in [0.2, 0.25) is 0 Å². The number of aromatic nitrogens is 3. The molecule has 0 saturated heterocycles. The van der Waals surface area contributed by atoms with E-state index in [1.54, 1.807) is 0 Å². The summed E-state index contributed by atoms with van der Waals surface area (Å²) in [5.41, 5.74) is 3.61. The first-order valence-electron chi connectivity index (χ1n) is 7.26. The minimum Gasteiger partial charge on any atom is -0.309 e. The lowest BCUT2D eigenvalue weighted by Crippen LogP contribution is -2.21. The van der Waals surface area contributed by atoms with Crippen LogP contribution in [0.4, 0.5) is 0 Å². The predicted octanol–water partition coefficient (Wildman–Crippen LogP) is 2.95. The van der Waals surface area contributed by atoms with Gasteiger partial charge in [-0.3, -0.25) is 0 Å². The standard InChI is InChI=1S/C16H24N4/c1-12(2)15-7-5-14(6-8-15)10-20-11-16(18-19-20)9-17-13(3)4/h5-8,11-13,17H,9-10H2,1-4H3. The Morgan fingerprint density at radius 2 is 1.80 bits per heavy atom. The molecule has 4 nitrogen and oxygen atoms in total. The van der Waals surface area contributed by atoms with Crippen LogP contribution in [0.5, 0.6) is 0 Å². The van der Waals surface area contributed by atoms with Crippen molar-refractivity contribution in [3.8, 4) is 0 Å². The van der Waals surface area contributed by atoms with Crippen LogP contribution >= 0.6 is 0 Å². The van der Waals surface area contributed by atoms with Gasteiger partial charge in [-0.1, -0.05) is 57.2 Å². The second kappa shape index (κ2) is 6.66. The SMILES string of the molecule is CC(C)NCc1cn(Cc2ccc(C(C)C)cc2)nn1. The van der Waals surface area contributed by atoms with Crippen molar-refractivity contribution in [2.75, 3.05) is 0 Å². The van der Waals surface area contributed by atoms with Gasteiger partial charge in [-0.15, -0.1) is 5.10 Å². The number of rotatable bonds is 6. The maximum absolute atomic E-state index is 4.18. The Kier molecular flexibility index (Phi) is 4.90. The molecule has 0 bridgehead atoms. The van der Waals surface area contributed by atoms with E-state index in [-0.39, 0.29) is 0 Å². The lowest BCUT2D eigenvalue weighted by Gasteiger charge is -2.06. The summed E-state index contributed by atoms with van der Waals surface area (Å²) in [5.74, 6) is 0.573. The molecule has 0 spiro atoms. The van der Waals surface area contributed by atoms with Gasteiger partial charge in [0, 0.05) is 12.6 Å². The van der Waals surface area contributed by atoms with Crippen LogP contribution in [0.15, 0.2) is 30.5 Å². The molecule has 0 saturated carbocycles. The molecule has 20 heavy (non-hydrogen) atoms. The van der Waals surface area contributed by atoms with E-state index in [4.69, 9.17) is 0 Å². The lowest BCUT2D eigenvalue weighted by molar-refractivity contribution is 0.580. The molecule has 0 radical (unpaired) electrons. The van der Waals surface area contributed by atoms with Crippen LogP contribution in [0.3, 0.4) is 0 Å². The molecule has 2 rings (SSSR count). The highest BCUT2D eigenvalue weighted by Gasteiger charge is 2.03. The van der Waals surface area contributed by atoms with E-state index >= 15 is 0 Å². The second-order valence-electron chi connectivity index (χ2n) is 5.84. The van der Waals surface area contributed by atoms with Crippen LogP contribution in [0.25, 0.3) is 0 Å². The highest BCUT2D eigenvalue weighted by Crippen LogP contribution is 2.15. The summed E-state index contributed by atoms with van der Waals surface area (Å²) in [6.45, 7) is 10.2. The molecule has 0 unspecified atom stereocenters. The van der Waals surface area contributed by atoms with Crippen molar-refractivity contribution in [3.05, 3.63) is 47.3 Å². The van der Waals surface area contributed by atoms with Crippen LogP contribution in [-0.4, -0.2) is 21.0 Å². The van der Waals surface area contributed by atoms with Gasteiger partial charge in [-0.2, -0.15) is 0 Å². The largest absolute Gasteiger partial charge is 0.309 e. The smallest absolute Gasteiger partial charge is 0.0965 e. The number of nitrogens with one attached hydrogen (secondary N) is 1. The first-order chi connectivity index (χ1) is 9.54. The van der Waals surface area contributed by atoms with E-state index in [0.717, 1.165) is 18.8 Å². The summed E-state index contributed by atoms with van der Waals surface area (Å²) in [7, 11) is 0. The molecule has 0 fully saturated rings. The Bertz CT molecular complexity index is 526. The van der Waals surface area contributed by atoms with Crippen LogP contribution in [-0.2, 0) is 13.1 Å². The zero-order valence-electron chi connectivity index (χ0n) is 12.8. The summed E-state index contributed by atoms with van der Waals surface area (Å²) in [6.07, 6.45) is 2.01. The molecule has 0 amide bonds. The molecular formula is C16H24N4. The van der Waals surface area contributed by atoms with Crippen molar-refractivity contribution < 1.29 is 0 Å². The summed E-state index contributed by atoms with van der Waals surface area (Å²) >= 11 is 0. The Labute approximate surface area is 121 Å². The maximum atomic E-state index is 4.18. The molecule has 1 aromatic carbocycles. The van der Waals surface area contributed by atoms with Crippen LogP contribution in [0.1, 0.15) is 50.4 Å². The van der Waals surface area contributed by atoms with E-state index in [1.807, 2.05) is 10.9 Å². The van der Waals surface area contributed by atoms with Gasteiger partial charge in [-0.25, -0.2) is 4.68 Å². The molecule has 4 heteroatoms. The van der Waals surface area contributed by atoms with E-state index in [2.05, 4.69) is 67.6 Å². The Morgan fingerprint density at radius 3 is 2.40 bits per heavy atom. The third-order valence-corrected chi connectivity index (χ3v) is 3.27. The van der Waals surface area contributed by atoms with Gasteiger partial charge in [0.1, 0.15) is 0 Å². The fraction of sp³-hybridized carbons (Fsp3) is 0.500. The average molecular weight is 272 g/mol. The fourth-order valence-electron chi connectivity index (χ4n) is 2.00. The number of hydrogen-bond acceptors (Lipinski definition) is 3. The summed E-state index contributed by atoms with van der Waals surface area (Å²) in [6, 6.07) is 9.19. The summed E-state index contributed by atoms with van der Waals surface area (Å²) < 4.78 is 1.89. The fourth-order valence-corrected chi connectivity index (χ4v) is 2.00. The van der Waals surface area contributed by atoms with E-state index < -0.39 is 0 Å². The second-order valence-corrected chi connectivity index (χ2v) is 5.84. The minimum atomic E-state index is 0.462. The van der Waals surface area contributed by atoms with Gasteiger partial charge in [0.15, 0.2) is 0 Å². The molecule has 1 heterocycles. The summed E-state index contributed by atoms with van der Waals surface area (Å²) in [4.78, 5) is 0. The minimum absolute atomic E-state index is 0.462. The topological polar surface area (TPSA) is 42.7 Å². The van der Waals surface area contributed by atoms with Crippen molar-refractivity contribution in [1.29, 1.82) is 0 Å². The van der Waals surface area contributed by atoms with Gasteiger partial charge >= 0.3 is 0 Å². The molecule has 0 aliphatic carbocycles. The van der Waals surface area contributed by atoms with Crippen molar-refractivity contribution in [1.82, 2.24) is 20.3 Å². The van der Waals surface area contributed by atoms with Crippen molar-refractivity contribution in [2.45, 2.75) is 52.7 Å². The van der Waals surface area contributed by atoms with E-state index in [0.29, 0.717) is 12.0 Å². The average Bonchev–Trinajstić information content (AvgIpc) is 2.84. The van der Waals surface area contributed by atoms with Crippen LogP contribution < -0.4 is 5.32 Å². The molecule has 0 aliphatic rings. The normalized spacial score (nSPS) is 11.5. The Hall–Kier alpha value is -1.68. The van der Waals surface area contributed by atoms with Crippen molar-refractivity contribution in [2.24, 2.45) is 0 Å². The molecular weight excluding hydrogens is 248 g/mol. The number of nitrogens with zero attached hydrogens (tertiary/aromatic N) is 3.